The Morgan fingerprint density at radius 2 is 1.94 bits per heavy atom. The minimum Gasteiger partial charge on any atom is -0.475 e. The average Bonchev–Trinajstić information content (AvgIpc) is 3.47. The first-order chi connectivity index (χ1) is 15.8. The molecule has 3 aromatic heterocycles. The number of hydrogen-bond donors (Lipinski definition) is 3. The number of nitrogens with two attached hydrogens (primary N) is 1. The van der Waals surface area contributed by atoms with Crippen molar-refractivity contribution < 1.29 is 31.9 Å². The van der Waals surface area contributed by atoms with Gasteiger partial charge < -0.3 is 10.8 Å². The van der Waals surface area contributed by atoms with Crippen LogP contribution in [0.2, 0.25) is 0 Å². The summed E-state index contributed by atoms with van der Waals surface area (Å²) in [5.74, 6) is -2.52. The quantitative estimate of drug-likeness (QED) is 0.419. The molecule has 0 unspecified atom stereocenters. The third-order valence-corrected chi connectivity index (χ3v) is 5.32. The topological polar surface area (TPSA) is 132 Å². The van der Waals surface area contributed by atoms with Crippen LogP contribution in [0.25, 0.3) is 11.1 Å². The van der Waals surface area contributed by atoms with E-state index in [2.05, 4.69) is 15.3 Å². The van der Waals surface area contributed by atoms with Crippen molar-refractivity contribution in [1.29, 1.82) is 0 Å². The van der Waals surface area contributed by atoms with Crippen molar-refractivity contribution in [2.24, 2.45) is 5.73 Å². The number of rotatable bonds is 7. The lowest BCUT2D eigenvalue weighted by Gasteiger charge is -2.05. The number of alkyl halides is 3. The molecule has 3 heterocycles. The van der Waals surface area contributed by atoms with E-state index in [1.807, 2.05) is 36.2 Å². The summed E-state index contributed by atoms with van der Waals surface area (Å²) in [7, 11) is 0. The lowest BCUT2D eigenvalue weighted by atomic mass is 10.2. The van der Waals surface area contributed by atoms with Crippen molar-refractivity contribution >= 4 is 17.3 Å². The van der Waals surface area contributed by atoms with Crippen LogP contribution in [-0.2, 0) is 17.8 Å². The molecule has 0 saturated carbocycles. The molecule has 0 atom stereocenters. The van der Waals surface area contributed by atoms with Crippen LogP contribution in [0.3, 0.4) is 0 Å². The lowest BCUT2D eigenvalue weighted by Crippen LogP contribution is -2.21. The van der Waals surface area contributed by atoms with Gasteiger partial charge in [0.2, 0.25) is 0 Å². The van der Waals surface area contributed by atoms with E-state index >= 15 is 0 Å². The Balaban J connectivity index is 0.000000509. The molecule has 0 aliphatic rings. The van der Waals surface area contributed by atoms with Crippen LogP contribution >= 0.6 is 11.3 Å². The molecule has 0 aliphatic heterocycles. The second-order valence-electron chi connectivity index (χ2n) is 7.18. The summed E-state index contributed by atoms with van der Waals surface area (Å²) in [4.78, 5) is 21.8. The van der Waals surface area contributed by atoms with Crippen LogP contribution in [0.15, 0.2) is 40.3 Å². The molecule has 4 N–H and O–H groups in total. The van der Waals surface area contributed by atoms with Gasteiger partial charge >= 0.3 is 17.8 Å². The van der Waals surface area contributed by atoms with Gasteiger partial charge in [0.25, 0.3) is 6.08 Å². The Morgan fingerprint density at radius 1 is 1.29 bits per heavy atom. The zero-order valence-electron chi connectivity index (χ0n) is 17.9. The first-order valence-corrected chi connectivity index (χ1v) is 10.5. The van der Waals surface area contributed by atoms with E-state index in [0.717, 1.165) is 16.0 Å². The number of carboxylic acids is 1. The number of halogens is 5. The lowest BCUT2D eigenvalue weighted by molar-refractivity contribution is -0.192. The van der Waals surface area contributed by atoms with Crippen molar-refractivity contribution in [2.45, 2.75) is 39.0 Å². The fourth-order valence-corrected chi connectivity index (χ4v) is 3.48. The van der Waals surface area contributed by atoms with Gasteiger partial charge in [-0.3, -0.25) is 9.25 Å². The van der Waals surface area contributed by atoms with Crippen molar-refractivity contribution in [2.75, 3.05) is 6.54 Å². The van der Waals surface area contributed by atoms with Crippen molar-refractivity contribution in [3.8, 4) is 11.1 Å². The van der Waals surface area contributed by atoms with E-state index < -0.39 is 23.9 Å². The SMILES string of the molecule is CC(C)n1cc(-c2csc(Cn3c(CC(CN)=C(F)F)n[nH]c3=O)c2)cn1.O=C(O)C(F)(F)F. The minimum atomic E-state index is -5.08. The molecule has 15 heteroatoms. The van der Waals surface area contributed by atoms with Crippen LogP contribution in [0.1, 0.15) is 30.6 Å². The second kappa shape index (κ2) is 11.2. The minimum absolute atomic E-state index is 0.170. The second-order valence-corrected chi connectivity index (χ2v) is 8.18. The highest BCUT2D eigenvalue weighted by molar-refractivity contribution is 7.10. The maximum absolute atomic E-state index is 12.9. The summed E-state index contributed by atoms with van der Waals surface area (Å²) in [6, 6.07) is 2.23. The maximum atomic E-state index is 12.9. The monoisotopic (exact) mass is 508 g/mol. The summed E-state index contributed by atoms with van der Waals surface area (Å²) in [6.07, 6.45) is -3.32. The number of hydrogen-bond acceptors (Lipinski definition) is 6. The van der Waals surface area contributed by atoms with Gasteiger partial charge in [-0.25, -0.2) is 14.7 Å². The van der Waals surface area contributed by atoms with Gasteiger partial charge in [-0.05, 0) is 30.9 Å². The molecule has 0 aromatic carbocycles. The molecule has 3 rings (SSSR count). The van der Waals surface area contributed by atoms with Gasteiger partial charge in [0.15, 0.2) is 0 Å². The fourth-order valence-electron chi connectivity index (χ4n) is 2.60. The number of thiophene rings is 1. The molecule has 186 valence electrons. The molecule has 0 spiro atoms. The third-order valence-electron chi connectivity index (χ3n) is 4.40. The first-order valence-electron chi connectivity index (χ1n) is 9.62. The summed E-state index contributed by atoms with van der Waals surface area (Å²) in [5, 5.41) is 19.6. The average molecular weight is 508 g/mol. The number of H-pyrrole nitrogens is 1. The Labute approximate surface area is 193 Å². The molecule has 0 aliphatic carbocycles. The summed E-state index contributed by atoms with van der Waals surface area (Å²) < 4.78 is 60.7. The molecule has 34 heavy (non-hydrogen) atoms. The summed E-state index contributed by atoms with van der Waals surface area (Å²) in [5.41, 5.74) is 6.66. The third kappa shape index (κ3) is 7.08. The number of nitrogens with zero attached hydrogens (tertiary/aromatic N) is 4. The van der Waals surface area contributed by atoms with Crippen LogP contribution in [0, 0.1) is 0 Å². The summed E-state index contributed by atoms with van der Waals surface area (Å²) in [6.45, 7) is 4.06. The molecule has 3 aromatic rings. The molecule has 9 nitrogen and oxygen atoms in total. The molecule has 0 amide bonds. The Hall–Kier alpha value is -3.33. The number of aromatic nitrogens is 5. The predicted molar refractivity (Wildman–Crippen MR) is 114 cm³/mol. The zero-order chi connectivity index (χ0) is 25.6. The smallest absolute Gasteiger partial charge is 0.475 e. The molecule has 0 bridgehead atoms. The van der Waals surface area contributed by atoms with E-state index in [1.54, 1.807) is 6.20 Å². The van der Waals surface area contributed by atoms with E-state index in [0.29, 0.717) is 0 Å². The van der Waals surface area contributed by atoms with Crippen molar-refractivity contribution in [1.82, 2.24) is 24.5 Å². The van der Waals surface area contributed by atoms with Gasteiger partial charge in [0, 0.05) is 41.2 Å². The van der Waals surface area contributed by atoms with Crippen LogP contribution in [0.5, 0.6) is 0 Å². The van der Waals surface area contributed by atoms with Gasteiger partial charge in [-0.1, -0.05) is 0 Å². The van der Waals surface area contributed by atoms with Crippen LogP contribution in [-0.4, -0.2) is 48.3 Å². The Morgan fingerprint density at radius 3 is 2.44 bits per heavy atom. The summed E-state index contributed by atoms with van der Waals surface area (Å²) >= 11 is 1.49. The standard InChI is InChI=1S/C17H20F2N6OS.C2HF3O2/c1-10(2)25-7-13(6-21-25)12-3-14(27-9-12)8-24-15(22-23-17(24)26)4-11(5-20)16(18)19;3-2(4,5)1(6)7/h3,6-7,9-10H,4-5,8,20H2,1-2H3,(H,23,26);(H,6,7). The number of carbonyl (C=O) groups is 1. The van der Waals surface area contributed by atoms with Crippen LogP contribution < -0.4 is 11.4 Å². The largest absolute Gasteiger partial charge is 0.490 e. The van der Waals surface area contributed by atoms with Crippen molar-refractivity contribution in [3.63, 3.8) is 0 Å². The highest BCUT2D eigenvalue weighted by Gasteiger charge is 2.38. The molecular weight excluding hydrogens is 487 g/mol. The van der Waals surface area contributed by atoms with Crippen LogP contribution in [0.4, 0.5) is 22.0 Å². The highest BCUT2D eigenvalue weighted by atomic mass is 32.1. The van der Waals surface area contributed by atoms with Gasteiger partial charge in [-0.2, -0.15) is 32.1 Å². The zero-order valence-corrected chi connectivity index (χ0v) is 18.8. The van der Waals surface area contributed by atoms with Gasteiger partial charge in [0.1, 0.15) is 5.82 Å². The Bertz CT molecular complexity index is 1200. The number of carboxylic acid groups (broad SMARTS) is 1. The van der Waals surface area contributed by atoms with E-state index in [1.165, 1.54) is 15.9 Å². The molecule has 0 fully saturated rings. The molecule has 0 radical (unpaired) electrons. The highest BCUT2D eigenvalue weighted by Crippen LogP contribution is 2.26. The van der Waals surface area contributed by atoms with E-state index in [4.69, 9.17) is 15.6 Å². The molecular formula is C19H21F5N6O3S. The maximum Gasteiger partial charge on any atom is 0.490 e. The normalized spacial score (nSPS) is 11.3. The number of aliphatic carboxylic acids is 1. The fraction of sp³-hybridized carbons (Fsp3) is 0.368. The predicted octanol–water partition coefficient (Wildman–Crippen LogP) is 3.41. The van der Waals surface area contributed by atoms with Crippen molar-refractivity contribution in [3.05, 3.63) is 56.7 Å². The van der Waals surface area contributed by atoms with E-state index in [9.17, 15) is 26.7 Å². The number of aromatic amines is 1. The first kappa shape index (κ1) is 26.9. The van der Waals surface area contributed by atoms with E-state index in [-0.39, 0.29) is 36.9 Å². The number of nitrogens with one attached hydrogen (secondary N) is 1. The van der Waals surface area contributed by atoms with Gasteiger partial charge in [-0.15, -0.1) is 11.3 Å². The Kier molecular flexibility index (Phi) is 8.86. The van der Waals surface area contributed by atoms with Gasteiger partial charge in [0.05, 0.1) is 12.7 Å². The molecule has 0 saturated heterocycles.